The van der Waals surface area contributed by atoms with Crippen LogP contribution in [0.1, 0.15) is 21.6 Å². The molecule has 5 rings (SSSR count). The second-order valence-corrected chi connectivity index (χ2v) is 6.39. The number of ether oxygens (including phenoxy) is 1. The first-order valence-corrected chi connectivity index (χ1v) is 8.61. The maximum atomic E-state index is 11.7. The average molecular weight is 370 g/mol. The lowest BCUT2D eigenvalue weighted by Crippen LogP contribution is -2.03. The van der Waals surface area contributed by atoms with Crippen LogP contribution in [0.3, 0.4) is 0 Å². The molecule has 7 nitrogen and oxygen atoms in total. The Morgan fingerprint density at radius 2 is 1.82 bits per heavy atom. The number of oxime groups is 1. The molecule has 7 heteroatoms. The fourth-order valence-corrected chi connectivity index (χ4v) is 3.65. The second-order valence-electron chi connectivity index (χ2n) is 6.39. The highest BCUT2D eigenvalue weighted by Gasteiger charge is 2.28. The summed E-state index contributed by atoms with van der Waals surface area (Å²) in [5.74, 6) is 0.134. The Hall–Kier alpha value is -4.00. The van der Waals surface area contributed by atoms with Crippen molar-refractivity contribution in [3.8, 4) is 22.5 Å². The Kier molecular flexibility index (Phi) is 3.48. The van der Waals surface area contributed by atoms with Crippen molar-refractivity contribution in [2.24, 2.45) is 5.16 Å². The molecule has 136 valence electrons. The minimum Gasteiger partial charge on any atom is -0.464 e. The highest BCUT2D eigenvalue weighted by atomic mass is 16.5. The number of pyridine rings is 1. The van der Waals surface area contributed by atoms with Gasteiger partial charge in [0, 0.05) is 22.3 Å². The van der Waals surface area contributed by atoms with Crippen LogP contribution in [0.2, 0.25) is 0 Å². The molecule has 2 aromatic heterocycles. The maximum absolute atomic E-state index is 11.7. The van der Waals surface area contributed by atoms with E-state index in [1.807, 2.05) is 42.5 Å². The molecular formula is C21H14N4O3. The molecular weight excluding hydrogens is 356 g/mol. The molecule has 0 fully saturated rings. The molecule has 1 aliphatic carbocycles. The second kappa shape index (κ2) is 6.02. The lowest BCUT2D eigenvalue weighted by Gasteiger charge is -2.06. The highest BCUT2D eigenvalue weighted by Crippen LogP contribution is 2.42. The van der Waals surface area contributed by atoms with Crippen molar-refractivity contribution in [3.05, 3.63) is 71.5 Å². The van der Waals surface area contributed by atoms with Gasteiger partial charge in [0.15, 0.2) is 5.69 Å². The topological polar surface area (TPSA) is 100 Å². The van der Waals surface area contributed by atoms with Gasteiger partial charge in [-0.3, -0.25) is 0 Å². The predicted octanol–water partition coefficient (Wildman–Crippen LogP) is 3.62. The summed E-state index contributed by atoms with van der Waals surface area (Å²) < 4.78 is 4.72. The highest BCUT2D eigenvalue weighted by molar-refractivity contribution is 6.26. The molecule has 2 aromatic carbocycles. The van der Waals surface area contributed by atoms with Crippen LogP contribution in [0, 0.1) is 0 Å². The SMILES string of the molecule is COC(=O)c1cc2nc(-c3cccc4c3-c3ccccc3/C4=N/O)[nH]c2cn1. The minimum atomic E-state index is -0.509. The van der Waals surface area contributed by atoms with Crippen LogP contribution < -0.4 is 0 Å². The maximum Gasteiger partial charge on any atom is 0.356 e. The van der Waals surface area contributed by atoms with E-state index in [-0.39, 0.29) is 5.69 Å². The first-order chi connectivity index (χ1) is 13.7. The van der Waals surface area contributed by atoms with Gasteiger partial charge in [0.25, 0.3) is 0 Å². The fraction of sp³-hybridized carbons (Fsp3) is 0.0476. The number of methoxy groups -OCH3 is 1. The van der Waals surface area contributed by atoms with Gasteiger partial charge in [-0.1, -0.05) is 47.6 Å². The zero-order valence-electron chi connectivity index (χ0n) is 14.8. The smallest absolute Gasteiger partial charge is 0.356 e. The number of H-pyrrole nitrogens is 1. The molecule has 4 aromatic rings. The number of carbonyl (C=O) groups excluding carboxylic acids is 1. The van der Waals surface area contributed by atoms with Gasteiger partial charge in [-0.2, -0.15) is 0 Å². The molecule has 1 aliphatic rings. The molecule has 0 amide bonds. The quantitative estimate of drug-likeness (QED) is 0.281. The van der Waals surface area contributed by atoms with E-state index in [2.05, 4.69) is 20.1 Å². The lowest BCUT2D eigenvalue weighted by atomic mass is 9.99. The molecule has 0 saturated carbocycles. The van der Waals surface area contributed by atoms with Gasteiger partial charge in [0.05, 0.1) is 24.3 Å². The van der Waals surface area contributed by atoms with E-state index < -0.39 is 5.97 Å². The summed E-state index contributed by atoms with van der Waals surface area (Å²) in [6.07, 6.45) is 1.57. The Labute approximate surface area is 159 Å². The number of benzene rings is 2. The summed E-state index contributed by atoms with van der Waals surface area (Å²) in [6.45, 7) is 0. The third kappa shape index (κ3) is 2.23. The van der Waals surface area contributed by atoms with Crippen LogP contribution in [0.4, 0.5) is 0 Å². The summed E-state index contributed by atoms with van der Waals surface area (Å²) in [4.78, 5) is 23.8. The number of carbonyl (C=O) groups is 1. The van der Waals surface area contributed by atoms with Crippen molar-refractivity contribution < 1.29 is 14.7 Å². The molecule has 0 atom stereocenters. The van der Waals surface area contributed by atoms with Crippen LogP contribution in [0.25, 0.3) is 33.5 Å². The number of fused-ring (bicyclic) bond motifs is 4. The molecule has 2 heterocycles. The van der Waals surface area contributed by atoms with E-state index >= 15 is 0 Å². The largest absolute Gasteiger partial charge is 0.464 e. The van der Waals surface area contributed by atoms with Crippen LogP contribution in [0.15, 0.2) is 59.9 Å². The molecule has 0 aliphatic heterocycles. The summed E-state index contributed by atoms with van der Waals surface area (Å²) in [5.41, 5.74) is 6.59. The monoisotopic (exact) mass is 370 g/mol. The number of hydrogen-bond donors (Lipinski definition) is 2. The van der Waals surface area contributed by atoms with Gasteiger partial charge in [0.1, 0.15) is 11.5 Å². The first-order valence-electron chi connectivity index (χ1n) is 8.61. The summed E-state index contributed by atoms with van der Waals surface area (Å²) in [7, 11) is 1.31. The van der Waals surface area contributed by atoms with E-state index in [1.165, 1.54) is 7.11 Å². The van der Waals surface area contributed by atoms with Crippen molar-refractivity contribution in [2.75, 3.05) is 7.11 Å². The van der Waals surface area contributed by atoms with Gasteiger partial charge in [-0.15, -0.1) is 0 Å². The molecule has 0 spiro atoms. The molecule has 0 bridgehead atoms. The van der Waals surface area contributed by atoms with Crippen LogP contribution in [0.5, 0.6) is 0 Å². The van der Waals surface area contributed by atoms with Crippen molar-refractivity contribution >= 4 is 22.7 Å². The Bertz CT molecular complexity index is 1290. The third-order valence-corrected chi connectivity index (χ3v) is 4.89. The van der Waals surface area contributed by atoms with E-state index in [0.717, 1.165) is 27.8 Å². The van der Waals surface area contributed by atoms with E-state index in [4.69, 9.17) is 4.74 Å². The van der Waals surface area contributed by atoms with E-state index in [0.29, 0.717) is 22.6 Å². The number of aromatic amines is 1. The number of esters is 1. The Morgan fingerprint density at radius 3 is 2.61 bits per heavy atom. The average Bonchev–Trinajstić information content (AvgIpc) is 3.31. The zero-order valence-corrected chi connectivity index (χ0v) is 14.8. The number of nitrogens with zero attached hydrogens (tertiary/aromatic N) is 3. The number of nitrogens with one attached hydrogen (secondary N) is 1. The molecule has 2 N–H and O–H groups in total. The minimum absolute atomic E-state index is 0.200. The van der Waals surface area contributed by atoms with E-state index in [1.54, 1.807) is 12.3 Å². The van der Waals surface area contributed by atoms with Crippen molar-refractivity contribution in [1.29, 1.82) is 0 Å². The fourth-order valence-electron chi connectivity index (χ4n) is 3.65. The standard InChI is InChI=1S/C21H14N4O3/c1-28-21(26)16-9-15-17(10-22-16)24-20(23-15)14-8-4-7-13-18(14)11-5-2-3-6-12(11)19(13)25-27/h2-10,27H,1H3,(H,23,24)/b25-19-. The summed E-state index contributed by atoms with van der Waals surface area (Å²) >= 11 is 0. The Balaban J connectivity index is 1.73. The summed E-state index contributed by atoms with van der Waals surface area (Å²) in [6, 6.07) is 15.2. The molecule has 0 radical (unpaired) electrons. The zero-order chi connectivity index (χ0) is 19.3. The van der Waals surface area contributed by atoms with Crippen LogP contribution >= 0.6 is 0 Å². The van der Waals surface area contributed by atoms with Gasteiger partial charge in [-0.05, 0) is 11.6 Å². The van der Waals surface area contributed by atoms with Gasteiger partial charge in [-0.25, -0.2) is 14.8 Å². The molecule has 0 unspecified atom stereocenters. The van der Waals surface area contributed by atoms with Gasteiger partial charge >= 0.3 is 5.97 Å². The van der Waals surface area contributed by atoms with Crippen molar-refractivity contribution in [1.82, 2.24) is 15.0 Å². The van der Waals surface area contributed by atoms with E-state index in [9.17, 15) is 10.0 Å². The molecule has 28 heavy (non-hydrogen) atoms. The molecule has 0 saturated heterocycles. The number of imidazole rings is 1. The predicted molar refractivity (Wildman–Crippen MR) is 104 cm³/mol. The van der Waals surface area contributed by atoms with Crippen molar-refractivity contribution in [3.63, 3.8) is 0 Å². The van der Waals surface area contributed by atoms with Gasteiger partial charge < -0.3 is 14.9 Å². The van der Waals surface area contributed by atoms with Crippen molar-refractivity contribution in [2.45, 2.75) is 0 Å². The summed E-state index contributed by atoms with van der Waals surface area (Å²) in [5, 5.41) is 13.1. The third-order valence-electron chi connectivity index (χ3n) is 4.89. The number of hydrogen-bond acceptors (Lipinski definition) is 6. The Morgan fingerprint density at radius 1 is 1.07 bits per heavy atom. The van der Waals surface area contributed by atoms with Gasteiger partial charge in [0.2, 0.25) is 0 Å². The normalized spacial score (nSPS) is 13.5. The number of aromatic nitrogens is 3. The lowest BCUT2D eigenvalue weighted by molar-refractivity contribution is 0.0594. The van der Waals surface area contributed by atoms with Crippen LogP contribution in [-0.2, 0) is 4.74 Å². The first kappa shape index (κ1) is 16.2. The number of rotatable bonds is 2. The van der Waals surface area contributed by atoms with Crippen LogP contribution in [-0.4, -0.2) is 38.9 Å².